The zero-order valence-corrected chi connectivity index (χ0v) is 18.6. The van der Waals surface area contributed by atoms with E-state index >= 15 is 0 Å². The first-order valence-corrected chi connectivity index (χ1v) is 10.7. The van der Waals surface area contributed by atoms with E-state index in [0.717, 1.165) is 11.1 Å². The molecule has 0 saturated heterocycles. The predicted octanol–water partition coefficient (Wildman–Crippen LogP) is 4.00. The minimum Gasteiger partial charge on any atom is -0.484 e. The van der Waals surface area contributed by atoms with Crippen LogP contribution >= 0.6 is 0 Å². The monoisotopic (exact) mass is 410 g/mol. The van der Waals surface area contributed by atoms with Crippen molar-refractivity contribution in [2.45, 2.75) is 46.6 Å². The van der Waals surface area contributed by atoms with Crippen LogP contribution in [0.1, 0.15) is 38.3 Å². The van der Waals surface area contributed by atoms with Crippen LogP contribution in [-0.2, 0) is 16.0 Å². The van der Waals surface area contributed by atoms with Crippen LogP contribution in [-0.4, -0.2) is 42.5 Å². The number of benzene rings is 2. The smallest absolute Gasteiger partial charge is 0.261 e. The minimum atomic E-state index is -0.513. The lowest BCUT2D eigenvalue weighted by atomic mass is 10.1. The van der Waals surface area contributed by atoms with Gasteiger partial charge in [-0.25, -0.2) is 0 Å². The average molecular weight is 411 g/mol. The van der Waals surface area contributed by atoms with Crippen LogP contribution in [0.3, 0.4) is 0 Å². The molecule has 0 aliphatic rings. The summed E-state index contributed by atoms with van der Waals surface area (Å²) in [5, 5.41) is 2.97. The molecule has 162 valence electrons. The molecule has 2 rings (SSSR count). The number of carbonyl (C=O) groups excluding carboxylic acids is 2. The molecule has 30 heavy (non-hydrogen) atoms. The molecule has 0 radical (unpaired) electrons. The van der Waals surface area contributed by atoms with E-state index < -0.39 is 6.04 Å². The highest BCUT2D eigenvalue weighted by Gasteiger charge is 2.28. The Hall–Kier alpha value is -2.82. The normalized spacial score (nSPS) is 11.8. The van der Waals surface area contributed by atoms with Crippen LogP contribution in [0.2, 0.25) is 0 Å². The Morgan fingerprint density at radius 3 is 2.43 bits per heavy atom. The quantitative estimate of drug-likeness (QED) is 0.609. The predicted molar refractivity (Wildman–Crippen MR) is 120 cm³/mol. The molecule has 0 aromatic heterocycles. The lowest BCUT2D eigenvalue weighted by Crippen LogP contribution is -2.51. The van der Waals surface area contributed by atoms with E-state index in [0.29, 0.717) is 37.6 Å². The highest BCUT2D eigenvalue weighted by atomic mass is 16.5. The molecule has 2 amide bonds. The second-order valence-corrected chi connectivity index (χ2v) is 7.99. The summed E-state index contributed by atoms with van der Waals surface area (Å²) in [5.74, 6) is 0.718. The molecule has 0 saturated carbocycles. The molecule has 1 N–H and O–H groups in total. The van der Waals surface area contributed by atoms with Gasteiger partial charge in [0.15, 0.2) is 6.61 Å². The molecule has 0 unspecified atom stereocenters. The summed E-state index contributed by atoms with van der Waals surface area (Å²) in [7, 11) is 0. The van der Waals surface area contributed by atoms with E-state index in [2.05, 4.69) is 19.2 Å². The first-order chi connectivity index (χ1) is 14.4. The Bertz CT molecular complexity index is 805. The highest BCUT2D eigenvalue weighted by molar-refractivity contribution is 5.88. The Labute approximate surface area is 180 Å². The number of nitrogens with zero attached hydrogens (tertiary/aromatic N) is 1. The molecule has 0 heterocycles. The van der Waals surface area contributed by atoms with Gasteiger partial charge in [0.25, 0.3) is 5.91 Å². The molecule has 5 heteroatoms. The van der Waals surface area contributed by atoms with Gasteiger partial charge in [-0.1, -0.05) is 63.2 Å². The molecular weight excluding hydrogens is 376 g/mol. The number of nitrogens with one attached hydrogen (secondary N) is 1. The Kier molecular flexibility index (Phi) is 9.39. The van der Waals surface area contributed by atoms with Crippen LogP contribution in [0.4, 0.5) is 0 Å². The largest absolute Gasteiger partial charge is 0.484 e. The second-order valence-electron chi connectivity index (χ2n) is 7.99. The van der Waals surface area contributed by atoms with Crippen LogP contribution in [0.15, 0.2) is 54.6 Å². The van der Waals surface area contributed by atoms with Gasteiger partial charge in [-0.15, -0.1) is 0 Å². The van der Waals surface area contributed by atoms with E-state index in [1.807, 2.05) is 68.4 Å². The lowest BCUT2D eigenvalue weighted by molar-refractivity contribution is -0.142. The standard InChI is InChI=1S/C25H34N2O3/c1-5-23(25(29)26-17-19(2)3)27(15-14-21-11-7-6-8-12-21)24(28)18-30-22-13-9-10-20(4)16-22/h6-13,16,19,23H,5,14-15,17-18H2,1-4H3,(H,26,29)/t23-/m1/s1. The maximum Gasteiger partial charge on any atom is 0.261 e. The van der Waals surface area contributed by atoms with E-state index in [9.17, 15) is 9.59 Å². The number of rotatable bonds is 11. The van der Waals surface area contributed by atoms with Crippen molar-refractivity contribution in [2.75, 3.05) is 19.7 Å². The van der Waals surface area contributed by atoms with Gasteiger partial charge >= 0.3 is 0 Å². The fourth-order valence-electron chi connectivity index (χ4n) is 3.25. The summed E-state index contributed by atoms with van der Waals surface area (Å²) in [5.41, 5.74) is 2.20. The lowest BCUT2D eigenvalue weighted by Gasteiger charge is -2.30. The second kappa shape index (κ2) is 12.0. The maximum atomic E-state index is 13.1. The summed E-state index contributed by atoms with van der Waals surface area (Å²) in [6.45, 7) is 8.98. The summed E-state index contributed by atoms with van der Waals surface area (Å²) < 4.78 is 5.73. The van der Waals surface area contributed by atoms with Crippen LogP contribution in [0.25, 0.3) is 0 Å². The summed E-state index contributed by atoms with van der Waals surface area (Å²) in [6.07, 6.45) is 1.24. The van der Waals surface area contributed by atoms with Gasteiger partial charge in [-0.05, 0) is 48.9 Å². The van der Waals surface area contributed by atoms with Gasteiger partial charge < -0.3 is 15.0 Å². The van der Waals surface area contributed by atoms with Gasteiger partial charge in [0.05, 0.1) is 0 Å². The van der Waals surface area contributed by atoms with Crippen molar-refractivity contribution in [1.82, 2.24) is 10.2 Å². The first kappa shape index (κ1) is 23.5. The Morgan fingerprint density at radius 2 is 1.80 bits per heavy atom. The molecule has 0 fully saturated rings. The molecule has 2 aromatic carbocycles. The van der Waals surface area contributed by atoms with E-state index in [-0.39, 0.29) is 18.4 Å². The van der Waals surface area contributed by atoms with Crippen LogP contribution in [0, 0.1) is 12.8 Å². The van der Waals surface area contributed by atoms with Crippen molar-refractivity contribution in [3.63, 3.8) is 0 Å². The highest BCUT2D eigenvalue weighted by Crippen LogP contribution is 2.14. The molecule has 0 spiro atoms. The van der Waals surface area contributed by atoms with Gasteiger partial charge in [0.1, 0.15) is 11.8 Å². The first-order valence-electron chi connectivity index (χ1n) is 10.7. The number of hydrogen-bond donors (Lipinski definition) is 1. The third-order valence-electron chi connectivity index (χ3n) is 4.91. The summed E-state index contributed by atoms with van der Waals surface area (Å²) in [4.78, 5) is 27.6. The molecular formula is C25H34N2O3. The number of hydrogen-bond acceptors (Lipinski definition) is 3. The van der Waals surface area contributed by atoms with Crippen molar-refractivity contribution in [3.8, 4) is 5.75 Å². The average Bonchev–Trinajstić information content (AvgIpc) is 2.74. The number of aryl methyl sites for hydroxylation is 1. The van der Waals surface area contributed by atoms with Crippen molar-refractivity contribution < 1.29 is 14.3 Å². The fraction of sp³-hybridized carbons (Fsp3) is 0.440. The van der Waals surface area contributed by atoms with E-state index in [1.54, 1.807) is 4.90 Å². The van der Waals surface area contributed by atoms with Crippen molar-refractivity contribution >= 4 is 11.8 Å². The fourth-order valence-corrected chi connectivity index (χ4v) is 3.25. The van der Waals surface area contributed by atoms with Crippen LogP contribution < -0.4 is 10.1 Å². The number of carbonyl (C=O) groups is 2. The van der Waals surface area contributed by atoms with Crippen molar-refractivity contribution in [2.24, 2.45) is 5.92 Å². The van der Waals surface area contributed by atoms with Gasteiger partial charge in [-0.2, -0.15) is 0 Å². The minimum absolute atomic E-state index is 0.0911. The molecule has 0 aliphatic carbocycles. The van der Waals surface area contributed by atoms with E-state index in [1.165, 1.54) is 0 Å². The zero-order chi connectivity index (χ0) is 21.9. The molecule has 0 aliphatic heterocycles. The third-order valence-corrected chi connectivity index (χ3v) is 4.91. The zero-order valence-electron chi connectivity index (χ0n) is 18.6. The van der Waals surface area contributed by atoms with Gasteiger partial charge in [0.2, 0.25) is 5.91 Å². The Balaban J connectivity index is 2.11. The van der Waals surface area contributed by atoms with Gasteiger partial charge in [0, 0.05) is 13.1 Å². The maximum absolute atomic E-state index is 13.1. The third kappa shape index (κ3) is 7.54. The number of ether oxygens (including phenoxy) is 1. The van der Waals surface area contributed by atoms with Crippen LogP contribution in [0.5, 0.6) is 5.75 Å². The Morgan fingerprint density at radius 1 is 1.07 bits per heavy atom. The molecule has 0 bridgehead atoms. The van der Waals surface area contributed by atoms with E-state index in [4.69, 9.17) is 4.74 Å². The molecule has 5 nitrogen and oxygen atoms in total. The SMILES string of the molecule is CC[C@H](C(=O)NCC(C)C)N(CCc1ccccc1)C(=O)COc1cccc(C)c1. The molecule has 1 atom stereocenters. The number of amides is 2. The summed E-state index contributed by atoms with van der Waals surface area (Å²) >= 11 is 0. The topological polar surface area (TPSA) is 58.6 Å². The van der Waals surface area contributed by atoms with Crippen molar-refractivity contribution in [3.05, 3.63) is 65.7 Å². The summed E-state index contributed by atoms with van der Waals surface area (Å²) in [6, 6.07) is 17.1. The van der Waals surface area contributed by atoms with Crippen molar-refractivity contribution in [1.29, 1.82) is 0 Å². The molecule has 2 aromatic rings. The van der Waals surface area contributed by atoms with Gasteiger partial charge in [-0.3, -0.25) is 9.59 Å².